The van der Waals surface area contributed by atoms with Gasteiger partial charge in [-0.15, -0.1) is 0 Å². The highest BCUT2D eigenvalue weighted by Gasteiger charge is 2.31. The molecule has 3 heteroatoms. The quantitative estimate of drug-likeness (QED) is 0.714. The zero-order chi connectivity index (χ0) is 10.8. The fraction of sp³-hybridized carbons (Fsp3) is 0.385. The van der Waals surface area contributed by atoms with Crippen LogP contribution in [0.4, 0.5) is 0 Å². The highest BCUT2D eigenvalue weighted by atomic mass is 16.7. The van der Waals surface area contributed by atoms with Crippen LogP contribution in [-0.2, 0) is 11.4 Å². The minimum atomic E-state index is 0.442. The van der Waals surface area contributed by atoms with E-state index in [1.807, 2.05) is 18.2 Å². The van der Waals surface area contributed by atoms with Gasteiger partial charge >= 0.3 is 0 Å². The third-order valence-corrected chi connectivity index (χ3v) is 3.12. The van der Waals surface area contributed by atoms with Crippen LogP contribution in [0.25, 0.3) is 0 Å². The van der Waals surface area contributed by atoms with Crippen molar-refractivity contribution in [3.8, 4) is 0 Å². The van der Waals surface area contributed by atoms with Crippen molar-refractivity contribution in [2.45, 2.75) is 12.6 Å². The molecule has 1 saturated heterocycles. The Hall–Kier alpha value is -1.16. The monoisotopic (exact) mass is 216 g/mol. The highest BCUT2D eigenvalue weighted by Crippen LogP contribution is 2.19. The first-order valence-electron chi connectivity index (χ1n) is 5.74. The molecule has 2 heterocycles. The van der Waals surface area contributed by atoms with E-state index in [2.05, 4.69) is 34.2 Å². The first kappa shape index (κ1) is 10.0. The summed E-state index contributed by atoms with van der Waals surface area (Å²) in [5.41, 5.74) is 1.22. The maximum atomic E-state index is 5.84. The minimum absolute atomic E-state index is 0.442. The summed E-state index contributed by atoms with van der Waals surface area (Å²) >= 11 is 0. The van der Waals surface area contributed by atoms with Crippen molar-refractivity contribution in [1.29, 1.82) is 0 Å². The summed E-state index contributed by atoms with van der Waals surface area (Å²) in [5, 5.41) is 2.08. The van der Waals surface area contributed by atoms with E-state index in [0.717, 1.165) is 19.8 Å². The molecule has 2 unspecified atom stereocenters. The Morgan fingerprint density at radius 3 is 2.94 bits per heavy atom. The molecule has 1 fully saturated rings. The van der Waals surface area contributed by atoms with Gasteiger partial charge in [-0.1, -0.05) is 42.5 Å². The fourth-order valence-electron chi connectivity index (χ4n) is 2.24. The van der Waals surface area contributed by atoms with Crippen molar-refractivity contribution in [2.75, 3.05) is 19.8 Å². The lowest BCUT2D eigenvalue weighted by Gasteiger charge is -2.19. The first-order valence-corrected chi connectivity index (χ1v) is 5.74. The lowest BCUT2D eigenvalue weighted by Crippen LogP contribution is -2.29. The Labute approximate surface area is 95.9 Å². The van der Waals surface area contributed by atoms with E-state index in [9.17, 15) is 0 Å². The largest absolute Gasteiger partial charge is 0.292 e. The van der Waals surface area contributed by atoms with Crippen LogP contribution in [0.5, 0.6) is 0 Å². The zero-order valence-corrected chi connectivity index (χ0v) is 9.25. The number of hydrogen-bond acceptors (Lipinski definition) is 3. The van der Waals surface area contributed by atoms with Gasteiger partial charge in [0.05, 0.1) is 19.3 Å². The predicted molar refractivity (Wildman–Crippen MR) is 62.4 cm³/mol. The van der Waals surface area contributed by atoms with Gasteiger partial charge in [0.2, 0.25) is 0 Å². The van der Waals surface area contributed by atoms with Crippen LogP contribution < -0.4 is 0 Å². The summed E-state index contributed by atoms with van der Waals surface area (Å²) in [6.45, 7) is 3.75. The zero-order valence-electron chi connectivity index (χ0n) is 9.25. The van der Waals surface area contributed by atoms with Gasteiger partial charge in [0.1, 0.15) is 0 Å². The van der Waals surface area contributed by atoms with Crippen LogP contribution in [-0.4, -0.2) is 35.8 Å². The molecule has 84 valence electrons. The molecule has 0 radical (unpaired) electrons. The van der Waals surface area contributed by atoms with E-state index < -0.39 is 0 Å². The molecule has 1 aromatic carbocycles. The Morgan fingerprint density at radius 1 is 1.25 bits per heavy atom. The Morgan fingerprint density at radius 2 is 2.12 bits per heavy atom. The molecule has 3 rings (SSSR count). The summed E-state index contributed by atoms with van der Waals surface area (Å²) in [6, 6.07) is 10.8. The second-order valence-corrected chi connectivity index (χ2v) is 4.35. The molecule has 2 bridgehead atoms. The van der Waals surface area contributed by atoms with Crippen molar-refractivity contribution in [3.63, 3.8) is 0 Å². The predicted octanol–water partition coefficient (Wildman–Crippen LogP) is 1.63. The number of fused-ring (bicyclic) bond motifs is 2. The first-order chi connectivity index (χ1) is 7.92. The van der Waals surface area contributed by atoms with Gasteiger partial charge in [0.15, 0.2) is 0 Å². The van der Waals surface area contributed by atoms with Gasteiger partial charge in [-0.05, 0) is 5.56 Å². The van der Waals surface area contributed by atoms with Crippen molar-refractivity contribution < 1.29 is 4.84 Å². The third kappa shape index (κ3) is 2.02. The molecule has 16 heavy (non-hydrogen) atoms. The van der Waals surface area contributed by atoms with Crippen LogP contribution in [0.1, 0.15) is 5.56 Å². The van der Waals surface area contributed by atoms with E-state index in [1.54, 1.807) is 0 Å². The van der Waals surface area contributed by atoms with Crippen molar-refractivity contribution in [2.24, 2.45) is 0 Å². The highest BCUT2D eigenvalue weighted by molar-refractivity contribution is 5.13. The molecule has 0 saturated carbocycles. The summed E-state index contributed by atoms with van der Waals surface area (Å²) in [5.74, 6) is 0. The minimum Gasteiger partial charge on any atom is -0.292 e. The van der Waals surface area contributed by atoms with Crippen LogP contribution in [0.2, 0.25) is 0 Å². The Bertz CT molecular complexity index is 377. The van der Waals surface area contributed by atoms with E-state index in [0.29, 0.717) is 12.6 Å². The van der Waals surface area contributed by atoms with E-state index in [1.165, 1.54) is 5.56 Å². The van der Waals surface area contributed by atoms with E-state index >= 15 is 0 Å². The summed E-state index contributed by atoms with van der Waals surface area (Å²) in [6.07, 6.45) is 4.47. The molecule has 0 spiro atoms. The van der Waals surface area contributed by atoms with E-state index in [4.69, 9.17) is 4.84 Å². The van der Waals surface area contributed by atoms with Gasteiger partial charge in [-0.3, -0.25) is 9.74 Å². The molecule has 2 aliphatic rings. The lowest BCUT2D eigenvalue weighted by atomic mass is 10.2. The number of benzene rings is 1. The normalized spacial score (nSPS) is 28.5. The third-order valence-electron chi connectivity index (χ3n) is 3.12. The van der Waals surface area contributed by atoms with Gasteiger partial charge in [-0.2, -0.15) is 5.06 Å². The lowest BCUT2D eigenvalue weighted by molar-refractivity contribution is -0.174. The number of rotatable bonds is 3. The molecule has 2 atom stereocenters. The van der Waals surface area contributed by atoms with Crippen molar-refractivity contribution in [3.05, 3.63) is 48.0 Å². The molecule has 0 amide bonds. The van der Waals surface area contributed by atoms with Crippen molar-refractivity contribution in [1.82, 2.24) is 9.96 Å². The molecule has 0 aliphatic carbocycles. The van der Waals surface area contributed by atoms with Crippen LogP contribution in [0, 0.1) is 0 Å². The van der Waals surface area contributed by atoms with E-state index in [-0.39, 0.29) is 0 Å². The molecular weight excluding hydrogens is 200 g/mol. The molecular formula is C13H16N2O. The van der Waals surface area contributed by atoms with Gasteiger partial charge < -0.3 is 0 Å². The summed E-state index contributed by atoms with van der Waals surface area (Å²) in [4.78, 5) is 8.23. The standard InChI is InChI=1S/C13H16N2O/c1-2-5-12(6-3-1)10-16-15-11-14-8-4-7-13(15)9-14/h1-7,13H,8-11H2. The fourth-order valence-corrected chi connectivity index (χ4v) is 2.24. The van der Waals surface area contributed by atoms with Crippen LogP contribution in [0.3, 0.4) is 0 Å². The summed E-state index contributed by atoms with van der Waals surface area (Å²) < 4.78 is 0. The molecule has 3 nitrogen and oxygen atoms in total. The number of nitrogens with zero attached hydrogens (tertiary/aromatic N) is 2. The number of hydrogen-bond donors (Lipinski definition) is 0. The topological polar surface area (TPSA) is 15.7 Å². The average Bonchev–Trinajstić information content (AvgIpc) is 2.63. The maximum absolute atomic E-state index is 5.84. The second kappa shape index (κ2) is 4.37. The molecule has 2 aliphatic heterocycles. The SMILES string of the molecule is C1=CC2CN(C1)CN2OCc1ccccc1. The van der Waals surface area contributed by atoms with Gasteiger partial charge in [0.25, 0.3) is 0 Å². The smallest absolute Gasteiger partial charge is 0.0936 e. The maximum Gasteiger partial charge on any atom is 0.0936 e. The molecule has 0 aromatic heterocycles. The Kier molecular flexibility index (Phi) is 2.74. The second-order valence-electron chi connectivity index (χ2n) is 4.35. The average molecular weight is 216 g/mol. The Balaban J connectivity index is 1.58. The molecule has 0 N–H and O–H groups in total. The molecule has 1 aromatic rings. The number of hydroxylamine groups is 2. The van der Waals surface area contributed by atoms with Crippen LogP contribution in [0.15, 0.2) is 42.5 Å². The summed E-state index contributed by atoms with van der Waals surface area (Å²) in [7, 11) is 0. The van der Waals surface area contributed by atoms with Crippen molar-refractivity contribution >= 4 is 0 Å². The van der Waals surface area contributed by atoms with Gasteiger partial charge in [-0.25, -0.2) is 0 Å². The van der Waals surface area contributed by atoms with Crippen LogP contribution >= 0.6 is 0 Å². The van der Waals surface area contributed by atoms with Gasteiger partial charge in [0, 0.05) is 13.1 Å².